The third-order valence-corrected chi connectivity index (χ3v) is 4.72. The molecule has 0 amide bonds. The van der Waals surface area contributed by atoms with Crippen molar-refractivity contribution in [2.45, 2.75) is 25.2 Å². The number of fused-ring (bicyclic) bond motifs is 1. The van der Waals surface area contributed by atoms with Crippen molar-refractivity contribution in [3.63, 3.8) is 0 Å². The van der Waals surface area contributed by atoms with Gasteiger partial charge in [-0.2, -0.15) is 0 Å². The molecule has 0 bridgehead atoms. The first-order chi connectivity index (χ1) is 10.3. The molecule has 1 N–H and O–H groups in total. The van der Waals surface area contributed by atoms with Crippen molar-refractivity contribution in [3.8, 4) is 0 Å². The summed E-state index contributed by atoms with van der Waals surface area (Å²) >= 11 is 0. The van der Waals surface area contributed by atoms with E-state index < -0.39 is 0 Å². The molecule has 1 saturated carbocycles. The monoisotopic (exact) mass is 277 g/mol. The number of nitrogens with one attached hydrogen (secondary N) is 1. The number of carbonyl (C=O) groups is 1. The number of rotatable bonds is 3. The molecule has 4 rings (SSSR count). The Morgan fingerprint density at radius 3 is 2.76 bits per heavy atom. The molecule has 2 heteroatoms. The topological polar surface area (TPSA) is 29.1 Å². The highest BCUT2D eigenvalue weighted by atomic mass is 16.1. The predicted molar refractivity (Wildman–Crippen MR) is 84.9 cm³/mol. The first kappa shape index (κ1) is 12.6. The van der Waals surface area contributed by atoms with Crippen LogP contribution < -0.4 is 5.32 Å². The van der Waals surface area contributed by atoms with E-state index in [9.17, 15) is 4.79 Å². The molecule has 2 atom stereocenters. The maximum Gasteiger partial charge on any atom is 0.166 e. The van der Waals surface area contributed by atoms with Gasteiger partial charge in [0.25, 0.3) is 0 Å². The Balaban J connectivity index is 1.60. The lowest BCUT2D eigenvalue weighted by Crippen LogP contribution is -2.16. The van der Waals surface area contributed by atoms with Crippen molar-refractivity contribution in [3.05, 3.63) is 65.2 Å². The Morgan fingerprint density at radius 2 is 1.90 bits per heavy atom. The number of carbonyl (C=O) groups excluding carboxylic acids is 1. The van der Waals surface area contributed by atoms with Gasteiger partial charge in [0, 0.05) is 23.7 Å². The Kier molecular flexibility index (Phi) is 3.03. The van der Waals surface area contributed by atoms with Crippen molar-refractivity contribution in [1.29, 1.82) is 0 Å². The van der Waals surface area contributed by atoms with E-state index in [2.05, 4.69) is 35.6 Å². The molecule has 0 saturated heterocycles. The van der Waals surface area contributed by atoms with Crippen molar-refractivity contribution < 1.29 is 4.79 Å². The molecule has 106 valence electrons. The Hall–Kier alpha value is -2.09. The van der Waals surface area contributed by atoms with Crippen LogP contribution in [-0.2, 0) is 6.42 Å². The summed E-state index contributed by atoms with van der Waals surface area (Å²) in [6.45, 7) is 1.01. The molecule has 21 heavy (non-hydrogen) atoms. The van der Waals surface area contributed by atoms with Crippen LogP contribution >= 0.6 is 0 Å². The summed E-state index contributed by atoms with van der Waals surface area (Å²) in [5.74, 6) is 0.941. The van der Waals surface area contributed by atoms with Gasteiger partial charge in [0.1, 0.15) is 0 Å². The minimum absolute atomic E-state index is 0.181. The second-order valence-corrected chi connectivity index (χ2v) is 6.09. The molecule has 1 aliphatic heterocycles. The molecule has 2 aromatic carbocycles. The van der Waals surface area contributed by atoms with E-state index in [1.165, 1.54) is 11.1 Å². The van der Waals surface area contributed by atoms with Crippen molar-refractivity contribution in [2.24, 2.45) is 5.92 Å². The van der Waals surface area contributed by atoms with Gasteiger partial charge < -0.3 is 5.32 Å². The number of hydrogen-bond acceptors (Lipinski definition) is 2. The zero-order valence-electron chi connectivity index (χ0n) is 12.0. The molecule has 0 aromatic heterocycles. The summed E-state index contributed by atoms with van der Waals surface area (Å²) < 4.78 is 0. The average Bonchev–Trinajstić information content (AvgIpc) is 3.35. The summed E-state index contributed by atoms with van der Waals surface area (Å²) in [5.41, 5.74) is 4.64. The second-order valence-electron chi connectivity index (χ2n) is 6.09. The highest BCUT2D eigenvalue weighted by Crippen LogP contribution is 2.49. The van der Waals surface area contributed by atoms with Crippen molar-refractivity contribution in [1.82, 2.24) is 0 Å². The van der Waals surface area contributed by atoms with Gasteiger partial charge in [-0.15, -0.1) is 0 Å². The van der Waals surface area contributed by atoms with Crippen LogP contribution in [0.15, 0.2) is 48.5 Å². The minimum atomic E-state index is 0.181. The van der Waals surface area contributed by atoms with E-state index in [-0.39, 0.29) is 5.92 Å². The van der Waals surface area contributed by atoms with Gasteiger partial charge in [-0.05, 0) is 42.4 Å². The predicted octanol–water partition coefficient (Wildman–Crippen LogP) is 4.03. The summed E-state index contributed by atoms with van der Waals surface area (Å²) in [7, 11) is 0. The molecule has 2 unspecified atom stereocenters. The zero-order chi connectivity index (χ0) is 14.2. The molecule has 0 spiro atoms. The summed E-state index contributed by atoms with van der Waals surface area (Å²) in [4.78, 5) is 12.8. The van der Waals surface area contributed by atoms with E-state index in [1.807, 2.05) is 18.2 Å². The van der Waals surface area contributed by atoms with Crippen LogP contribution in [0.25, 0.3) is 0 Å². The van der Waals surface area contributed by atoms with Gasteiger partial charge in [-0.25, -0.2) is 0 Å². The van der Waals surface area contributed by atoms with Gasteiger partial charge in [0.05, 0.1) is 0 Å². The van der Waals surface area contributed by atoms with Gasteiger partial charge >= 0.3 is 0 Å². The van der Waals surface area contributed by atoms with E-state index in [0.717, 1.165) is 37.1 Å². The van der Waals surface area contributed by atoms with Crippen molar-refractivity contribution >= 4 is 11.5 Å². The van der Waals surface area contributed by atoms with Crippen LogP contribution in [0.2, 0.25) is 0 Å². The van der Waals surface area contributed by atoms with Crippen LogP contribution in [0.4, 0.5) is 5.69 Å². The number of hydrogen-bond donors (Lipinski definition) is 1. The summed E-state index contributed by atoms with van der Waals surface area (Å²) in [6, 6.07) is 16.5. The molecular weight excluding hydrogens is 258 g/mol. The van der Waals surface area contributed by atoms with E-state index >= 15 is 0 Å². The molecule has 0 radical (unpaired) electrons. The number of benzene rings is 2. The van der Waals surface area contributed by atoms with Crippen LogP contribution in [-0.4, -0.2) is 12.3 Å². The molecule has 2 aromatic rings. The van der Waals surface area contributed by atoms with Gasteiger partial charge in [0.15, 0.2) is 5.78 Å². The van der Waals surface area contributed by atoms with E-state index in [4.69, 9.17) is 0 Å². The van der Waals surface area contributed by atoms with Crippen molar-refractivity contribution in [2.75, 3.05) is 11.9 Å². The molecule has 1 fully saturated rings. The average molecular weight is 277 g/mol. The smallest absolute Gasteiger partial charge is 0.166 e. The van der Waals surface area contributed by atoms with E-state index in [0.29, 0.717) is 11.7 Å². The summed E-state index contributed by atoms with van der Waals surface area (Å²) in [5, 5.41) is 3.41. The highest BCUT2D eigenvalue weighted by Gasteiger charge is 2.44. The first-order valence-corrected chi connectivity index (χ1v) is 7.79. The normalized spacial score (nSPS) is 23.0. The lowest BCUT2D eigenvalue weighted by atomic mass is 9.93. The van der Waals surface area contributed by atoms with Gasteiger partial charge in [0.2, 0.25) is 0 Å². The SMILES string of the molecule is O=C(c1cccc2c1CCCN2)C1CC1c1ccccc1. The van der Waals surface area contributed by atoms with Crippen LogP contribution in [0.1, 0.15) is 40.2 Å². The largest absolute Gasteiger partial charge is 0.385 e. The second kappa shape index (κ2) is 5.03. The van der Waals surface area contributed by atoms with Gasteiger partial charge in [-0.3, -0.25) is 4.79 Å². The Bertz CT molecular complexity index is 677. The fourth-order valence-electron chi connectivity index (χ4n) is 3.49. The molecule has 2 aliphatic rings. The minimum Gasteiger partial charge on any atom is -0.385 e. The Morgan fingerprint density at radius 1 is 1.05 bits per heavy atom. The quantitative estimate of drug-likeness (QED) is 0.858. The first-order valence-electron chi connectivity index (χ1n) is 7.79. The maximum atomic E-state index is 12.8. The third-order valence-electron chi connectivity index (χ3n) is 4.72. The lowest BCUT2D eigenvalue weighted by molar-refractivity contribution is 0.0964. The van der Waals surface area contributed by atoms with Crippen LogP contribution in [0, 0.1) is 5.92 Å². The van der Waals surface area contributed by atoms with E-state index in [1.54, 1.807) is 0 Å². The van der Waals surface area contributed by atoms with Gasteiger partial charge in [-0.1, -0.05) is 42.5 Å². The fraction of sp³-hybridized carbons (Fsp3) is 0.316. The lowest BCUT2D eigenvalue weighted by Gasteiger charge is -2.20. The molecular formula is C19H19NO. The number of anilines is 1. The van der Waals surface area contributed by atoms with Crippen LogP contribution in [0.5, 0.6) is 0 Å². The molecule has 1 heterocycles. The number of ketones is 1. The fourth-order valence-corrected chi connectivity index (χ4v) is 3.49. The standard InChI is InChI=1S/C19H19NO/c21-19(17-12-16(17)13-6-2-1-3-7-13)15-8-4-10-18-14(15)9-5-11-20-18/h1-4,6-8,10,16-17,20H,5,9,11-12H2. The third kappa shape index (κ3) is 2.25. The highest BCUT2D eigenvalue weighted by molar-refractivity contribution is 6.02. The number of Topliss-reactive ketones (excluding diaryl/α,β-unsaturated/α-hetero) is 1. The Labute approximate surface area is 125 Å². The maximum absolute atomic E-state index is 12.8. The molecule has 2 nitrogen and oxygen atoms in total. The molecule has 1 aliphatic carbocycles. The van der Waals surface area contributed by atoms with Crippen LogP contribution in [0.3, 0.4) is 0 Å². The summed E-state index contributed by atoms with van der Waals surface area (Å²) in [6.07, 6.45) is 3.14. The zero-order valence-corrected chi connectivity index (χ0v) is 12.0.